The van der Waals surface area contributed by atoms with E-state index < -0.39 is 17.1 Å². The number of fused-ring (bicyclic) bond motifs is 1. The predicted octanol–water partition coefficient (Wildman–Crippen LogP) is 3.22. The van der Waals surface area contributed by atoms with Crippen LogP contribution in [0.3, 0.4) is 0 Å². The van der Waals surface area contributed by atoms with Crippen molar-refractivity contribution < 1.29 is 23.5 Å². The quantitative estimate of drug-likeness (QED) is 0.895. The third kappa shape index (κ3) is 4.02. The standard InChI is InChI=1S/C20H21FN2O4/c1-20(2)12-27-17-10-13(8-9-15(17)23(3)19(20)25)22-18(24)11-26-16-7-5-4-6-14(16)21/h4-10H,11-12H2,1-3H3,(H,22,24). The van der Waals surface area contributed by atoms with Crippen molar-refractivity contribution in [2.24, 2.45) is 5.41 Å². The highest BCUT2D eigenvalue weighted by Gasteiger charge is 2.36. The molecular weight excluding hydrogens is 351 g/mol. The molecule has 142 valence electrons. The van der Waals surface area contributed by atoms with Gasteiger partial charge in [-0.3, -0.25) is 9.59 Å². The van der Waals surface area contributed by atoms with Crippen LogP contribution >= 0.6 is 0 Å². The van der Waals surface area contributed by atoms with Crippen molar-refractivity contribution in [1.29, 1.82) is 0 Å². The van der Waals surface area contributed by atoms with Gasteiger partial charge in [0.05, 0.1) is 11.1 Å². The Hall–Kier alpha value is -3.09. The number of para-hydroxylation sites is 1. The second kappa shape index (κ2) is 7.26. The molecule has 3 rings (SSSR count). The summed E-state index contributed by atoms with van der Waals surface area (Å²) in [6, 6.07) is 10.9. The molecule has 0 bridgehead atoms. The minimum Gasteiger partial charge on any atom is -0.490 e. The first-order chi connectivity index (χ1) is 12.8. The maximum absolute atomic E-state index is 13.5. The van der Waals surface area contributed by atoms with Crippen LogP contribution in [0.15, 0.2) is 42.5 Å². The van der Waals surface area contributed by atoms with Crippen LogP contribution in [0.5, 0.6) is 11.5 Å². The summed E-state index contributed by atoms with van der Waals surface area (Å²) < 4.78 is 24.5. The first-order valence-electron chi connectivity index (χ1n) is 8.50. The Morgan fingerprint density at radius 3 is 2.78 bits per heavy atom. The van der Waals surface area contributed by atoms with Crippen molar-refractivity contribution in [2.75, 3.05) is 30.5 Å². The van der Waals surface area contributed by atoms with Crippen LogP contribution in [0.2, 0.25) is 0 Å². The van der Waals surface area contributed by atoms with E-state index in [-0.39, 0.29) is 24.9 Å². The molecule has 0 unspecified atom stereocenters. The van der Waals surface area contributed by atoms with Crippen molar-refractivity contribution in [3.63, 3.8) is 0 Å². The Bertz CT molecular complexity index is 882. The average molecular weight is 372 g/mol. The Morgan fingerprint density at radius 2 is 2.04 bits per heavy atom. The van der Waals surface area contributed by atoms with Gasteiger partial charge < -0.3 is 19.7 Å². The van der Waals surface area contributed by atoms with E-state index >= 15 is 0 Å². The summed E-state index contributed by atoms with van der Waals surface area (Å²) in [4.78, 5) is 26.1. The zero-order valence-corrected chi connectivity index (χ0v) is 15.4. The molecule has 1 aliphatic heterocycles. The number of nitrogens with one attached hydrogen (secondary N) is 1. The summed E-state index contributed by atoms with van der Waals surface area (Å²) in [5.41, 5.74) is 0.479. The molecule has 27 heavy (non-hydrogen) atoms. The average Bonchev–Trinajstić information content (AvgIpc) is 2.72. The summed E-state index contributed by atoms with van der Waals surface area (Å²) in [5, 5.41) is 2.68. The van der Waals surface area contributed by atoms with Gasteiger partial charge in [0.25, 0.3) is 5.91 Å². The molecule has 0 atom stereocenters. The fraction of sp³-hybridized carbons (Fsp3) is 0.300. The van der Waals surface area contributed by atoms with Crippen LogP contribution in [-0.4, -0.2) is 32.1 Å². The molecule has 6 nitrogen and oxygen atoms in total. The van der Waals surface area contributed by atoms with Gasteiger partial charge in [0, 0.05) is 18.8 Å². The zero-order chi connectivity index (χ0) is 19.6. The monoisotopic (exact) mass is 372 g/mol. The molecular formula is C20H21FN2O4. The molecule has 0 fully saturated rings. The lowest BCUT2D eigenvalue weighted by Gasteiger charge is -2.24. The van der Waals surface area contributed by atoms with E-state index in [4.69, 9.17) is 9.47 Å². The van der Waals surface area contributed by atoms with E-state index in [1.54, 1.807) is 42.3 Å². The lowest BCUT2D eigenvalue weighted by Crippen LogP contribution is -2.39. The smallest absolute Gasteiger partial charge is 0.262 e. The number of carbonyl (C=O) groups excluding carboxylic acids is 2. The van der Waals surface area contributed by atoms with Gasteiger partial charge in [0.15, 0.2) is 18.2 Å². The van der Waals surface area contributed by atoms with E-state index in [1.807, 2.05) is 13.8 Å². The Labute approximate surface area is 156 Å². The van der Waals surface area contributed by atoms with Gasteiger partial charge >= 0.3 is 0 Å². The summed E-state index contributed by atoms with van der Waals surface area (Å²) >= 11 is 0. The molecule has 2 amide bonds. The first kappa shape index (κ1) is 18.7. The molecule has 0 aliphatic carbocycles. The predicted molar refractivity (Wildman–Crippen MR) is 99.7 cm³/mol. The van der Waals surface area contributed by atoms with Crippen molar-refractivity contribution in [3.05, 3.63) is 48.3 Å². The van der Waals surface area contributed by atoms with Crippen LogP contribution in [0, 0.1) is 11.2 Å². The van der Waals surface area contributed by atoms with Crippen molar-refractivity contribution >= 4 is 23.2 Å². The number of halogens is 1. The number of rotatable bonds is 4. The number of benzene rings is 2. The van der Waals surface area contributed by atoms with Gasteiger partial charge in [0.1, 0.15) is 12.4 Å². The maximum atomic E-state index is 13.5. The number of carbonyl (C=O) groups is 2. The van der Waals surface area contributed by atoms with Crippen molar-refractivity contribution in [2.45, 2.75) is 13.8 Å². The van der Waals surface area contributed by atoms with Crippen LogP contribution in [0.25, 0.3) is 0 Å². The molecule has 0 aromatic heterocycles. The van der Waals surface area contributed by atoms with E-state index in [1.165, 1.54) is 12.1 Å². The molecule has 7 heteroatoms. The third-order valence-electron chi connectivity index (χ3n) is 4.27. The highest BCUT2D eigenvalue weighted by Crippen LogP contribution is 2.37. The van der Waals surface area contributed by atoms with Crippen molar-refractivity contribution in [3.8, 4) is 11.5 Å². The highest BCUT2D eigenvalue weighted by atomic mass is 19.1. The number of amides is 2. The number of hydrogen-bond donors (Lipinski definition) is 1. The SMILES string of the molecule is CN1C(=O)C(C)(C)COc2cc(NC(=O)COc3ccccc3F)ccc21. The normalized spacial score (nSPS) is 15.4. The fourth-order valence-electron chi connectivity index (χ4n) is 2.77. The van der Waals surface area contributed by atoms with Crippen LogP contribution in [0.4, 0.5) is 15.8 Å². The Kier molecular flexibility index (Phi) is 5.03. The third-order valence-corrected chi connectivity index (χ3v) is 4.27. The number of hydrogen-bond acceptors (Lipinski definition) is 4. The summed E-state index contributed by atoms with van der Waals surface area (Å²) in [5.74, 6) is -0.489. The van der Waals surface area contributed by atoms with Gasteiger partial charge in [0.2, 0.25) is 5.91 Å². The molecule has 2 aromatic carbocycles. The Balaban J connectivity index is 1.69. The summed E-state index contributed by atoms with van der Waals surface area (Å²) in [7, 11) is 1.69. The minimum absolute atomic E-state index is 0.0141. The van der Waals surface area contributed by atoms with Crippen molar-refractivity contribution in [1.82, 2.24) is 0 Å². The fourth-order valence-corrected chi connectivity index (χ4v) is 2.77. The Morgan fingerprint density at radius 1 is 1.30 bits per heavy atom. The number of ether oxygens (including phenoxy) is 2. The van der Waals surface area contributed by atoms with Crippen LogP contribution in [-0.2, 0) is 9.59 Å². The first-order valence-corrected chi connectivity index (χ1v) is 8.50. The van der Waals surface area contributed by atoms with Crippen LogP contribution < -0.4 is 19.7 Å². The van der Waals surface area contributed by atoms with Gasteiger partial charge in [-0.1, -0.05) is 12.1 Å². The van der Waals surface area contributed by atoms with Gasteiger partial charge in [-0.05, 0) is 38.1 Å². The summed E-state index contributed by atoms with van der Waals surface area (Å²) in [6.07, 6.45) is 0. The van der Waals surface area contributed by atoms with Crippen LogP contribution in [0.1, 0.15) is 13.8 Å². The molecule has 1 heterocycles. The molecule has 1 N–H and O–H groups in total. The van der Waals surface area contributed by atoms with Gasteiger partial charge in [-0.25, -0.2) is 4.39 Å². The lowest BCUT2D eigenvalue weighted by atomic mass is 9.93. The minimum atomic E-state index is -0.648. The molecule has 1 aliphatic rings. The largest absolute Gasteiger partial charge is 0.490 e. The van der Waals surface area contributed by atoms with E-state index in [0.717, 1.165) is 0 Å². The van der Waals surface area contributed by atoms with E-state index in [0.29, 0.717) is 17.1 Å². The van der Waals surface area contributed by atoms with Gasteiger partial charge in [-0.2, -0.15) is 0 Å². The number of anilines is 2. The van der Waals surface area contributed by atoms with Gasteiger partial charge in [-0.15, -0.1) is 0 Å². The molecule has 0 radical (unpaired) electrons. The number of nitrogens with zero attached hydrogens (tertiary/aromatic N) is 1. The second-order valence-corrected chi connectivity index (χ2v) is 6.99. The topological polar surface area (TPSA) is 67.9 Å². The molecule has 0 saturated carbocycles. The molecule has 0 saturated heterocycles. The second-order valence-electron chi connectivity index (χ2n) is 6.99. The zero-order valence-electron chi connectivity index (χ0n) is 15.4. The summed E-state index contributed by atoms with van der Waals surface area (Å²) in [6.45, 7) is 3.54. The van der Waals surface area contributed by atoms with E-state index in [2.05, 4.69) is 5.32 Å². The molecule has 2 aromatic rings. The van der Waals surface area contributed by atoms with E-state index in [9.17, 15) is 14.0 Å². The lowest BCUT2D eigenvalue weighted by molar-refractivity contribution is -0.127. The highest BCUT2D eigenvalue weighted by molar-refractivity contribution is 5.99. The maximum Gasteiger partial charge on any atom is 0.262 e. The molecule has 0 spiro atoms.